The van der Waals surface area contributed by atoms with Crippen molar-refractivity contribution in [3.05, 3.63) is 0 Å². The predicted molar refractivity (Wildman–Crippen MR) is 486 cm³/mol. The van der Waals surface area contributed by atoms with Crippen molar-refractivity contribution in [3.63, 3.8) is 0 Å². The maximum atomic E-state index is 12.7. The number of alkyl carbamates (subject to hydrolysis) is 1. The number of aliphatic hydroxyl groups excluding tert-OH is 10. The Labute approximate surface area is 806 Å². The molecule has 3 amide bonds. The van der Waals surface area contributed by atoms with Crippen LogP contribution in [0.4, 0.5) is 4.79 Å². The van der Waals surface area contributed by atoms with E-state index in [1.807, 2.05) is 6.92 Å². The SMILES string of the molecule is CC1C(OCCCC(=O)CCCCCCCNC(=O)OCCCC(C)(CCCOC(=O)CCCCCCCNC(=O)CCCOC2OC(CO)C(O)C(O)C2C)CCCOC(=O)CCCCCCCNC(=O)CCCOC2OC(CO)C(O)C(O)C2C)OC(CO)C(O)C1O.CCC(=O)CCOCCOCCSSCCCC(=O)CCCCC(=O)C1C[C@@H](OC)C[C@@H]1CO.[Y]. The number of amides is 3. The number of esters is 2. The van der Waals surface area contributed by atoms with Gasteiger partial charge in [0.15, 0.2) is 18.9 Å². The maximum absolute atomic E-state index is 12.7. The normalized spacial score (nSPS) is 24.7. The zero-order valence-corrected chi connectivity index (χ0v) is 83.5. The van der Waals surface area contributed by atoms with Gasteiger partial charge in [0.25, 0.3) is 0 Å². The Morgan fingerprint density at radius 1 is 0.377 bits per heavy atom. The molecule has 755 valence electrons. The molecular formula is C93H167N3O31S2Y. The molecule has 1 aliphatic carbocycles. The maximum Gasteiger partial charge on any atom is 0.407 e. The third-order valence-corrected chi connectivity index (χ3v) is 26.9. The molecule has 4 rings (SSSR count). The standard InChI is InChI=1S/C68H123N3O24.C25H44O7S2.Y/c1-47-58(80)61(83)51(44-72)93-64(47)89-38-20-27-50(75)26-14-8-5-13-19-37-71-67(86)92-43-25-34-68(4,32-23-41-87-56(78)30-15-9-6-11-17-35-69-54(76)28-21-39-90-65-48(2)59(81)62(84)52(45-73)94-65)33-24-42-88-57(79)31-16-10-7-12-18-36-70-55(77)29-22-40-91-66-49(3)60(82)63(85)53(46-74)95-66;1-3-21(27)10-11-31-12-13-32-14-16-34-33-15-6-8-22(28)7-4-5-9-25(29)24-18-23(30-2)17-20(24)19-26;/h47-49,51-53,58-66,72-74,80-85H,5-46H2,1-4H3,(H,69,76)(H,70,77)(H,71,86);20,23-24,26H,3-19H2,1-2H3;/t;20-,23+,24?;/m.1./s1. The molecule has 0 aromatic carbocycles. The van der Waals surface area contributed by atoms with Gasteiger partial charge in [0.2, 0.25) is 11.8 Å². The number of hydrogen-bond acceptors (Lipinski definition) is 33. The van der Waals surface area contributed by atoms with Crippen molar-refractivity contribution in [1.82, 2.24) is 16.0 Å². The molecule has 18 atom stereocenters. The number of methoxy groups -OCH3 is 1. The Morgan fingerprint density at radius 3 is 1.19 bits per heavy atom. The first-order valence-electron chi connectivity index (χ1n) is 48.2. The van der Waals surface area contributed by atoms with Crippen LogP contribution >= 0.6 is 21.6 Å². The fourth-order valence-corrected chi connectivity index (χ4v) is 17.9. The van der Waals surface area contributed by atoms with Crippen LogP contribution in [0, 0.1) is 35.0 Å². The van der Waals surface area contributed by atoms with E-state index >= 15 is 0 Å². The van der Waals surface area contributed by atoms with E-state index in [-0.39, 0.29) is 162 Å². The molecule has 3 saturated heterocycles. The number of ketones is 4. The molecule has 3 aliphatic heterocycles. The van der Waals surface area contributed by atoms with Crippen molar-refractivity contribution in [2.24, 2.45) is 35.0 Å². The molecule has 3 heterocycles. The Bertz CT molecular complexity index is 2760. The van der Waals surface area contributed by atoms with Gasteiger partial charge in [-0.15, -0.1) is 0 Å². The first-order chi connectivity index (χ1) is 62.2. The zero-order chi connectivity index (χ0) is 94.8. The summed E-state index contributed by atoms with van der Waals surface area (Å²) in [5.74, 6) is 0.420. The van der Waals surface area contributed by atoms with Gasteiger partial charge < -0.3 is 124 Å². The van der Waals surface area contributed by atoms with Crippen LogP contribution in [0.5, 0.6) is 0 Å². The molecule has 0 spiro atoms. The van der Waals surface area contributed by atoms with Gasteiger partial charge in [-0.1, -0.05) is 114 Å². The van der Waals surface area contributed by atoms with Crippen LogP contribution < -0.4 is 16.0 Å². The van der Waals surface area contributed by atoms with Crippen molar-refractivity contribution in [3.8, 4) is 0 Å². The van der Waals surface area contributed by atoms with E-state index in [1.165, 1.54) is 0 Å². The molecule has 13 N–H and O–H groups in total. The number of ether oxygens (including phenoxy) is 12. The van der Waals surface area contributed by atoms with E-state index in [0.29, 0.717) is 162 Å². The predicted octanol–water partition coefficient (Wildman–Crippen LogP) is 8.86. The van der Waals surface area contributed by atoms with Gasteiger partial charge in [-0.05, 0) is 140 Å². The average Bonchev–Trinajstić information content (AvgIpc) is 1.23. The van der Waals surface area contributed by atoms with Crippen LogP contribution in [0.2, 0.25) is 0 Å². The van der Waals surface area contributed by atoms with Crippen molar-refractivity contribution in [2.75, 3.05) is 131 Å². The minimum absolute atomic E-state index is 0. The summed E-state index contributed by atoms with van der Waals surface area (Å²) in [6.07, 6.45) is 14.1. The van der Waals surface area contributed by atoms with E-state index in [2.05, 4.69) is 22.9 Å². The zero-order valence-electron chi connectivity index (χ0n) is 79.1. The summed E-state index contributed by atoms with van der Waals surface area (Å²) in [6.45, 7) is 13.0. The van der Waals surface area contributed by atoms with Crippen molar-refractivity contribution < 1.29 is 184 Å². The fourth-order valence-electron chi connectivity index (χ4n) is 16.0. The Balaban J connectivity index is 0.00000136. The molecule has 4 fully saturated rings. The summed E-state index contributed by atoms with van der Waals surface area (Å²) in [5, 5.41) is 107. The van der Waals surface area contributed by atoms with E-state index in [1.54, 1.807) is 49.5 Å². The van der Waals surface area contributed by atoms with E-state index in [0.717, 1.165) is 140 Å². The number of carbonyl (C=O) groups is 9. The van der Waals surface area contributed by atoms with Gasteiger partial charge in [0.05, 0.1) is 110 Å². The van der Waals surface area contributed by atoms with Crippen LogP contribution in [0.25, 0.3) is 0 Å². The second-order valence-electron chi connectivity index (χ2n) is 35.2. The number of carbonyl (C=O) groups excluding carboxylic acids is 9. The van der Waals surface area contributed by atoms with Gasteiger partial charge >= 0.3 is 18.0 Å². The minimum Gasteiger partial charge on any atom is -0.466 e. The summed E-state index contributed by atoms with van der Waals surface area (Å²) in [7, 11) is 5.17. The molecule has 1 radical (unpaired) electrons. The van der Waals surface area contributed by atoms with E-state index in [4.69, 9.17) is 56.8 Å². The Hall–Kier alpha value is -3.13. The van der Waals surface area contributed by atoms with Crippen LogP contribution in [0.1, 0.15) is 291 Å². The summed E-state index contributed by atoms with van der Waals surface area (Å²) in [6, 6.07) is 0. The monoisotopic (exact) mass is 1980 g/mol. The second kappa shape index (κ2) is 76.8. The third kappa shape index (κ3) is 55.5. The summed E-state index contributed by atoms with van der Waals surface area (Å²) in [4.78, 5) is 111. The topological polar surface area (TPSA) is 503 Å². The molecule has 34 nitrogen and oxygen atoms in total. The molecule has 0 bridgehead atoms. The number of nitrogens with one attached hydrogen (secondary N) is 3. The second-order valence-corrected chi connectivity index (χ2v) is 37.9. The number of aliphatic hydroxyl groups is 10. The van der Waals surface area contributed by atoms with Crippen LogP contribution in [0.15, 0.2) is 0 Å². The first kappa shape index (κ1) is 123. The van der Waals surface area contributed by atoms with Gasteiger partial charge in [0, 0.05) is 172 Å². The third-order valence-electron chi connectivity index (χ3n) is 24.4. The molecule has 1 saturated carbocycles. The number of rotatable bonds is 77. The molecule has 130 heavy (non-hydrogen) atoms. The van der Waals surface area contributed by atoms with Crippen LogP contribution in [-0.2, 0) is 128 Å². The molecule has 37 heteroatoms. The summed E-state index contributed by atoms with van der Waals surface area (Å²) < 4.78 is 66.7. The molecule has 0 aromatic heterocycles. The van der Waals surface area contributed by atoms with Gasteiger partial charge in [0.1, 0.15) is 59.8 Å². The van der Waals surface area contributed by atoms with Crippen molar-refractivity contribution in [1.29, 1.82) is 0 Å². The van der Waals surface area contributed by atoms with E-state index < -0.39 is 117 Å². The van der Waals surface area contributed by atoms with Crippen molar-refractivity contribution in [2.45, 2.75) is 371 Å². The largest absolute Gasteiger partial charge is 0.466 e. The molecule has 0 aromatic rings. The molecule has 4 aliphatic rings. The Kier molecular flexibility index (Phi) is 72.6. The fraction of sp³-hybridized carbons (Fsp3) is 0.903. The number of unbranched alkanes of at least 4 members (excludes halogenated alkanes) is 13. The van der Waals surface area contributed by atoms with Crippen LogP contribution in [0.3, 0.4) is 0 Å². The molecule has 16 unspecified atom stereocenters. The van der Waals surface area contributed by atoms with E-state index in [9.17, 15) is 94.2 Å². The van der Waals surface area contributed by atoms with Crippen LogP contribution in [-0.4, -0.2) is 315 Å². The first-order valence-corrected chi connectivity index (χ1v) is 50.7. The summed E-state index contributed by atoms with van der Waals surface area (Å²) >= 11 is 0. The Morgan fingerprint density at radius 2 is 0.754 bits per heavy atom. The van der Waals surface area contributed by atoms with Crippen molar-refractivity contribution >= 4 is 74.6 Å². The average molecular weight is 1980 g/mol. The number of hydrogen-bond donors (Lipinski definition) is 13. The number of Topliss-reactive ketones (excluding diaryl/α,β-unsaturated/α-hetero) is 4. The molecular weight excluding hydrogens is 1810 g/mol. The van der Waals surface area contributed by atoms with Gasteiger partial charge in [-0.2, -0.15) is 0 Å². The minimum atomic E-state index is -1.20. The smallest absolute Gasteiger partial charge is 0.407 e. The quantitative estimate of drug-likeness (QED) is 0.0117. The van der Waals surface area contributed by atoms with Gasteiger partial charge in [-0.25, -0.2) is 4.79 Å². The van der Waals surface area contributed by atoms with Gasteiger partial charge in [-0.3, -0.25) is 38.4 Å². The summed E-state index contributed by atoms with van der Waals surface area (Å²) in [5.41, 5.74) is -0.206.